The van der Waals surface area contributed by atoms with Gasteiger partial charge in [0.05, 0.1) is 6.10 Å². The maximum atomic E-state index is 11.0. The zero-order valence-corrected chi connectivity index (χ0v) is 8.33. The summed E-state index contributed by atoms with van der Waals surface area (Å²) in [6.07, 6.45) is 0.863. The van der Waals surface area contributed by atoms with E-state index in [0.29, 0.717) is 5.92 Å². The van der Waals surface area contributed by atoms with Gasteiger partial charge in [-0.15, -0.1) is 0 Å². The number of esters is 1. The van der Waals surface area contributed by atoms with Gasteiger partial charge < -0.3 is 10.5 Å². The quantitative estimate of drug-likeness (QED) is 0.652. The summed E-state index contributed by atoms with van der Waals surface area (Å²) in [4.78, 5) is 11.0. The van der Waals surface area contributed by atoms with Crippen LogP contribution in [0.3, 0.4) is 0 Å². The highest BCUT2D eigenvalue weighted by molar-refractivity contribution is 5.75. The van der Waals surface area contributed by atoms with E-state index in [-0.39, 0.29) is 12.1 Å². The van der Waals surface area contributed by atoms with E-state index in [1.54, 1.807) is 6.92 Å². The van der Waals surface area contributed by atoms with Gasteiger partial charge in [-0.1, -0.05) is 13.8 Å². The molecule has 2 unspecified atom stereocenters. The lowest BCUT2D eigenvalue weighted by Crippen LogP contribution is -2.31. The van der Waals surface area contributed by atoms with Crippen molar-refractivity contribution in [3.05, 3.63) is 0 Å². The number of carbonyl (C=O) groups is 1. The first-order valence-corrected chi connectivity index (χ1v) is 4.39. The van der Waals surface area contributed by atoms with Gasteiger partial charge in [0.1, 0.15) is 6.04 Å². The number of ether oxygens (including phenoxy) is 1. The molecule has 72 valence electrons. The number of hydrogen-bond donors (Lipinski definition) is 1. The fourth-order valence-electron chi connectivity index (χ4n) is 1.02. The first-order chi connectivity index (χ1) is 5.43. The zero-order chi connectivity index (χ0) is 9.72. The van der Waals surface area contributed by atoms with Gasteiger partial charge in [0.15, 0.2) is 0 Å². The molecule has 0 saturated heterocycles. The number of carbonyl (C=O) groups excluding carboxylic acids is 1. The summed E-state index contributed by atoms with van der Waals surface area (Å²) in [5.74, 6) is 0.226. The number of nitrogens with two attached hydrogens (primary N) is 1. The Labute approximate surface area is 74.3 Å². The third-order valence-electron chi connectivity index (χ3n) is 1.49. The van der Waals surface area contributed by atoms with E-state index in [0.717, 1.165) is 6.42 Å². The van der Waals surface area contributed by atoms with Crippen LogP contribution in [0.15, 0.2) is 0 Å². The highest BCUT2D eigenvalue weighted by Crippen LogP contribution is 2.07. The van der Waals surface area contributed by atoms with Crippen LogP contribution in [0, 0.1) is 5.92 Å². The van der Waals surface area contributed by atoms with Crippen molar-refractivity contribution >= 4 is 5.97 Å². The average Bonchev–Trinajstić information content (AvgIpc) is 1.84. The number of rotatable bonds is 4. The molecular formula is C9H19NO2. The minimum absolute atomic E-state index is 0.0245. The van der Waals surface area contributed by atoms with Crippen LogP contribution < -0.4 is 5.73 Å². The third-order valence-corrected chi connectivity index (χ3v) is 1.49. The molecule has 0 aliphatic carbocycles. The third kappa shape index (κ3) is 5.13. The molecular weight excluding hydrogens is 154 g/mol. The van der Waals surface area contributed by atoms with Crippen molar-refractivity contribution in [2.75, 3.05) is 0 Å². The Morgan fingerprint density at radius 3 is 2.17 bits per heavy atom. The second-order valence-corrected chi connectivity index (χ2v) is 3.67. The second-order valence-electron chi connectivity index (χ2n) is 3.67. The zero-order valence-electron chi connectivity index (χ0n) is 8.33. The van der Waals surface area contributed by atoms with E-state index >= 15 is 0 Å². The van der Waals surface area contributed by atoms with Crippen LogP contribution >= 0.6 is 0 Å². The summed E-state index contributed by atoms with van der Waals surface area (Å²) in [6, 6.07) is -0.514. The molecule has 3 heteroatoms. The van der Waals surface area contributed by atoms with Crippen molar-refractivity contribution in [1.29, 1.82) is 0 Å². The van der Waals surface area contributed by atoms with Crippen molar-refractivity contribution < 1.29 is 9.53 Å². The van der Waals surface area contributed by atoms with Crippen molar-refractivity contribution in [2.24, 2.45) is 11.7 Å². The van der Waals surface area contributed by atoms with Crippen LogP contribution in [0.1, 0.15) is 34.1 Å². The minimum atomic E-state index is -0.514. The smallest absolute Gasteiger partial charge is 0.322 e. The first-order valence-electron chi connectivity index (χ1n) is 4.39. The molecule has 12 heavy (non-hydrogen) atoms. The molecule has 0 bridgehead atoms. The van der Waals surface area contributed by atoms with Gasteiger partial charge in [-0.2, -0.15) is 0 Å². The molecule has 0 rings (SSSR count). The summed E-state index contributed by atoms with van der Waals surface area (Å²) in [5.41, 5.74) is 5.34. The Kier molecular flexibility index (Phi) is 4.90. The summed E-state index contributed by atoms with van der Waals surface area (Å²) in [7, 11) is 0. The molecule has 0 radical (unpaired) electrons. The lowest BCUT2D eigenvalue weighted by Gasteiger charge is -2.16. The Balaban J connectivity index is 3.69. The summed E-state index contributed by atoms with van der Waals surface area (Å²) in [5, 5.41) is 0. The molecule has 2 N–H and O–H groups in total. The van der Waals surface area contributed by atoms with Gasteiger partial charge in [0.2, 0.25) is 0 Å². The molecule has 0 spiro atoms. The van der Waals surface area contributed by atoms with Gasteiger partial charge >= 0.3 is 5.97 Å². The van der Waals surface area contributed by atoms with Crippen LogP contribution in [0.25, 0.3) is 0 Å². The van der Waals surface area contributed by atoms with E-state index in [4.69, 9.17) is 10.5 Å². The van der Waals surface area contributed by atoms with E-state index in [9.17, 15) is 4.79 Å². The van der Waals surface area contributed by atoms with E-state index in [2.05, 4.69) is 13.8 Å². The molecule has 0 fully saturated rings. The van der Waals surface area contributed by atoms with Gasteiger partial charge in [-0.05, 0) is 26.2 Å². The van der Waals surface area contributed by atoms with Crippen LogP contribution in [0.4, 0.5) is 0 Å². The predicted molar refractivity (Wildman–Crippen MR) is 48.7 cm³/mol. The van der Waals surface area contributed by atoms with Gasteiger partial charge in [0, 0.05) is 0 Å². The average molecular weight is 173 g/mol. The molecule has 0 amide bonds. The largest absolute Gasteiger partial charge is 0.462 e. The normalized spacial score (nSPS) is 15.8. The lowest BCUT2D eigenvalue weighted by atomic mass is 10.1. The fraction of sp³-hybridized carbons (Fsp3) is 0.889. The van der Waals surface area contributed by atoms with Crippen molar-refractivity contribution in [2.45, 2.75) is 46.3 Å². The number of hydrogen-bond acceptors (Lipinski definition) is 3. The van der Waals surface area contributed by atoms with Crippen LogP contribution in [-0.4, -0.2) is 18.1 Å². The molecule has 0 aromatic rings. The second kappa shape index (κ2) is 5.14. The van der Waals surface area contributed by atoms with E-state index in [1.165, 1.54) is 0 Å². The Hall–Kier alpha value is -0.570. The Morgan fingerprint density at radius 2 is 1.83 bits per heavy atom. The SMILES string of the molecule is CC(C)CC(C)OC(=O)C(C)N. The van der Waals surface area contributed by atoms with Crippen LogP contribution in [0.2, 0.25) is 0 Å². The van der Waals surface area contributed by atoms with E-state index in [1.807, 2.05) is 6.92 Å². The molecule has 0 aromatic carbocycles. The fourth-order valence-corrected chi connectivity index (χ4v) is 1.02. The monoisotopic (exact) mass is 173 g/mol. The van der Waals surface area contributed by atoms with Gasteiger partial charge in [0.25, 0.3) is 0 Å². The highest BCUT2D eigenvalue weighted by Gasteiger charge is 2.13. The molecule has 2 atom stereocenters. The minimum Gasteiger partial charge on any atom is -0.462 e. The summed E-state index contributed by atoms with van der Waals surface area (Å²) in [6.45, 7) is 7.71. The van der Waals surface area contributed by atoms with Crippen molar-refractivity contribution in [1.82, 2.24) is 0 Å². The maximum absolute atomic E-state index is 11.0. The molecule has 0 aliphatic heterocycles. The Morgan fingerprint density at radius 1 is 1.33 bits per heavy atom. The molecule has 3 nitrogen and oxygen atoms in total. The van der Waals surface area contributed by atoms with Crippen molar-refractivity contribution in [3.8, 4) is 0 Å². The van der Waals surface area contributed by atoms with Gasteiger partial charge in [-0.25, -0.2) is 0 Å². The highest BCUT2D eigenvalue weighted by atomic mass is 16.5. The first kappa shape index (κ1) is 11.4. The van der Waals surface area contributed by atoms with E-state index < -0.39 is 6.04 Å². The van der Waals surface area contributed by atoms with Crippen molar-refractivity contribution in [3.63, 3.8) is 0 Å². The predicted octanol–water partition coefficient (Wildman–Crippen LogP) is 1.31. The Bertz CT molecular complexity index is 143. The molecule has 0 saturated carbocycles. The summed E-state index contributed by atoms with van der Waals surface area (Å²) < 4.78 is 5.06. The summed E-state index contributed by atoms with van der Waals surface area (Å²) >= 11 is 0. The van der Waals surface area contributed by atoms with Crippen LogP contribution in [0.5, 0.6) is 0 Å². The maximum Gasteiger partial charge on any atom is 0.322 e. The molecule has 0 aromatic heterocycles. The lowest BCUT2D eigenvalue weighted by molar-refractivity contribution is -0.149. The topological polar surface area (TPSA) is 52.3 Å². The molecule has 0 aliphatic rings. The van der Waals surface area contributed by atoms with Gasteiger partial charge in [-0.3, -0.25) is 4.79 Å². The van der Waals surface area contributed by atoms with Crippen LogP contribution in [-0.2, 0) is 9.53 Å². The molecule has 0 heterocycles. The standard InChI is InChI=1S/C9H19NO2/c1-6(2)5-7(3)12-9(11)8(4)10/h6-8H,5,10H2,1-4H3.